The van der Waals surface area contributed by atoms with Crippen LogP contribution in [0.4, 0.5) is 0 Å². The summed E-state index contributed by atoms with van der Waals surface area (Å²) in [4.78, 5) is 22.7. The summed E-state index contributed by atoms with van der Waals surface area (Å²) in [6.45, 7) is 0. The molecule has 0 aliphatic heterocycles. The molecule has 1 aromatic heterocycles. The zero-order valence-corrected chi connectivity index (χ0v) is 15.2. The van der Waals surface area contributed by atoms with Gasteiger partial charge in [-0.15, -0.1) is 4.98 Å². The first-order valence-corrected chi connectivity index (χ1v) is 9.54. The fourth-order valence-corrected chi connectivity index (χ4v) is 3.21. The SMILES string of the molecule is Clc1nc(ON=C2CCCCCC2)nc(ON=C2CCCCCC2)n1. The molecule has 0 unspecified atom stereocenters. The van der Waals surface area contributed by atoms with Crippen LogP contribution >= 0.6 is 11.6 Å². The van der Waals surface area contributed by atoms with Crippen molar-refractivity contribution in [2.24, 2.45) is 10.3 Å². The Hall–Kier alpha value is -1.76. The number of hydrogen-bond donors (Lipinski definition) is 0. The van der Waals surface area contributed by atoms with E-state index in [0.29, 0.717) is 0 Å². The van der Waals surface area contributed by atoms with Gasteiger partial charge in [-0.05, 0) is 63.0 Å². The highest BCUT2D eigenvalue weighted by atomic mass is 35.5. The summed E-state index contributed by atoms with van der Waals surface area (Å²) < 4.78 is 0. The molecule has 0 aromatic carbocycles. The standard InChI is InChI=1S/C17H24ClN5O2/c18-15-19-16(24-22-13-9-5-1-2-6-10-13)21-17(20-15)25-23-14-11-7-3-4-8-12-14/h1-12H2. The number of hydrogen-bond acceptors (Lipinski definition) is 7. The predicted octanol–water partition coefficient (Wildman–Crippen LogP) is 4.70. The van der Waals surface area contributed by atoms with Crippen LogP contribution in [0.1, 0.15) is 77.0 Å². The van der Waals surface area contributed by atoms with Crippen molar-refractivity contribution in [1.82, 2.24) is 15.0 Å². The first kappa shape index (κ1) is 18.0. The van der Waals surface area contributed by atoms with Gasteiger partial charge in [-0.25, -0.2) is 0 Å². The van der Waals surface area contributed by atoms with Crippen molar-refractivity contribution in [3.05, 3.63) is 5.28 Å². The van der Waals surface area contributed by atoms with Crippen molar-refractivity contribution in [2.75, 3.05) is 0 Å². The zero-order chi connectivity index (χ0) is 17.3. The van der Waals surface area contributed by atoms with E-state index in [4.69, 9.17) is 21.3 Å². The maximum Gasteiger partial charge on any atom is 0.353 e. The first-order valence-electron chi connectivity index (χ1n) is 9.17. The summed E-state index contributed by atoms with van der Waals surface area (Å²) in [5.74, 6) is 0. The monoisotopic (exact) mass is 365 g/mol. The molecule has 8 heteroatoms. The lowest BCUT2D eigenvalue weighted by molar-refractivity contribution is 0.276. The van der Waals surface area contributed by atoms with Crippen molar-refractivity contribution < 1.29 is 9.68 Å². The van der Waals surface area contributed by atoms with Crippen LogP contribution in [0.15, 0.2) is 10.3 Å². The van der Waals surface area contributed by atoms with Gasteiger partial charge < -0.3 is 9.68 Å². The number of rotatable bonds is 4. The van der Waals surface area contributed by atoms with Gasteiger partial charge in [-0.1, -0.05) is 36.0 Å². The second-order valence-corrected chi connectivity index (χ2v) is 6.83. The molecule has 1 heterocycles. The summed E-state index contributed by atoms with van der Waals surface area (Å²) >= 11 is 5.93. The molecule has 2 fully saturated rings. The third-order valence-corrected chi connectivity index (χ3v) is 4.61. The maximum atomic E-state index is 5.93. The predicted molar refractivity (Wildman–Crippen MR) is 96.4 cm³/mol. The third kappa shape index (κ3) is 6.23. The minimum absolute atomic E-state index is 0.00197. The molecule has 2 saturated carbocycles. The number of halogens is 1. The van der Waals surface area contributed by atoms with Gasteiger partial charge in [0.25, 0.3) is 0 Å². The van der Waals surface area contributed by atoms with Crippen LogP contribution < -0.4 is 9.68 Å². The van der Waals surface area contributed by atoms with E-state index in [1.165, 1.54) is 25.7 Å². The fraction of sp³-hybridized carbons (Fsp3) is 0.706. The van der Waals surface area contributed by atoms with E-state index < -0.39 is 0 Å². The van der Waals surface area contributed by atoms with Gasteiger partial charge in [0, 0.05) is 0 Å². The molecule has 136 valence electrons. The fourth-order valence-electron chi connectivity index (χ4n) is 3.06. The van der Waals surface area contributed by atoms with E-state index in [2.05, 4.69) is 25.3 Å². The summed E-state index contributed by atoms with van der Waals surface area (Å²) in [6, 6.07) is 0.0700. The highest BCUT2D eigenvalue weighted by molar-refractivity contribution is 6.28. The molecule has 2 aliphatic carbocycles. The molecule has 2 aliphatic rings. The Bertz CT molecular complexity index is 565. The third-order valence-electron chi connectivity index (χ3n) is 4.44. The molecule has 0 radical (unpaired) electrons. The highest BCUT2D eigenvalue weighted by Gasteiger charge is 2.11. The Kier molecular flexibility index (Phi) is 6.97. The van der Waals surface area contributed by atoms with E-state index in [1.54, 1.807) is 0 Å². The normalized spacial score (nSPS) is 18.9. The van der Waals surface area contributed by atoms with E-state index >= 15 is 0 Å². The number of nitrogens with zero attached hydrogens (tertiary/aromatic N) is 5. The number of oxime groups is 2. The van der Waals surface area contributed by atoms with E-state index in [0.717, 1.165) is 62.8 Å². The van der Waals surface area contributed by atoms with Crippen molar-refractivity contribution in [3.63, 3.8) is 0 Å². The van der Waals surface area contributed by atoms with Gasteiger partial charge in [0.15, 0.2) is 0 Å². The molecule has 1 aromatic rings. The molecule has 3 rings (SSSR count). The minimum Gasteiger partial charge on any atom is -0.315 e. The Morgan fingerprint density at radius 3 is 1.40 bits per heavy atom. The van der Waals surface area contributed by atoms with Crippen LogP contribution in [0.3, 0.4) is 0 Å². The highest BCUT2D eigenvalue weighted by Crippen LogP contribution is 2.18. The minimum atomic E-state index is 0.00197. The molecule has 0 saturated heterocycles. The molecule has 7 nitrogen and oxygen atoms in total. The zero-order valence-electron chi connectivity index (χ0n) is 14.4. The average Bonchev–Trinajstić information content (AvgIpc) is 3.03. The second-order valence-electron chi connectivity index (χ2n) is 6.50. The number of aromatic nitrogens is 3. The maximum absolute atomic E-state index is 5.93. The van der Waals surface area contributed by atoms with Gasteiger partial charge in [0.05, 0.1) is 11.4 Å². The van der Waals surface area contributed by atoms with E-state index in [-0.39, 0.29) is 17.3 Å². The molecule has 0 N–H and O–H groups in total. The van der Waals surface area contributed by atoms with Gasteiger partial charge in [0.1, 0.15) is 0 Å². The lowest BCUT2D eigenvalue weighted by Crippen LogP contribution is -2.04. The largest absolute Gasteiger partial charge is 0.353 e. The van der Waals surface area contributed by atoms with Crippen molar-refractivity contribution in [1.29, 1.82) is 0 Å². The smallest absolute Gasteiger partial charge is 0.315 e. The Morgan fingerprint density at radius 1 is 0.600 bits per heavy atom. The molecular weight excluding hydrogens is 342 g/mol. The average molecular weight is 366 g/mol. The van der Waals surface area contributed by atoms with Crippen LogP contribution in [-0.2, 0) is 0 Å². The molecule has 25 heavy (non-hydrogen) atoms. The van der Waals surface area contributed by atoms with Gasteiger partial charge in [0.2, 0.25) is 5.28 Å². The summed E-state index contributed by atoms with van der Waals surface area (Å²) in [5.41, 5.74) is 2.07. The second kappa shape index (κ2) is 9.65. The van der Waals surface area contributed by atoms with Crippen molar-refractivity contribution in [2.45, 2.75) is 77.0 Å². The summed E-state index contributed by atoms with van der Waals surface area (Å²) in [6.07, 6.45) is 13.4. The molecule has 0 spiro atoms. The van der Waals surface area contributed by atoms with Gasteiger partial charge in [-0.2, -0.15) is 9.97 Å². The summed E-state index contributed by atoms with van der Waals surface area (Å²) in [5, 5.41) is 8.35. The van der Waals surface area contributed by atoms with Crippen LogP contribution in [0.2, 0.25) is 5.28 Å². The Labute approximate surface area is 152 Å². The topological polar surface area (TPSA) is 81.9 Å². The Balaban J connectivity index is 1.63. The van der Waals surface area contributed by atoms with E-state index in [9.17, 15) is 0 Å². The van der Waals surface area contributed by atoms with Crippen LogP contribution in [-0.4, -0.2) is 26.4 Å². The quantitative estimate of drug-likeness (QED) is 0.570. The Morgan fingerprint density at radius 2 is 1.00 bits per heavy atom. The molecular formula is C17H24ClN5O2. The van der Waals surface area contributed by atoms with Crippen LogP contribution in [0.25, 0.3) is 0 Å². The lowest BCUT2D eigenvalue weighted by atomic mass is 10.2. The van der Waals surface area contributed by atoms with Crippen LogP contribution in [0.5, 0.6) is 12.0 Å². The van der Waals surface area contributed by atoms with Crippen molar-refractivity contribution >= 4 is 23.0 Å². The van der Waals surface area contributed by atoms with E-state index in [1.807, 2.05) is 0 Å². The lowest BCUT2D eigenvalue weighted by Gasteiger charge is -2.04. The van der Waals surface area contributed by atoms with Gasteiger partial charge >= 0.3 is 12.0 Å². The van der Waals surface area contributed by atoms with Crippen LogP contribution in [0, 0.1) is 0 Å². The van der Waals surface area contributed by atoms with Crippen molar-refractivity contribution in [3.8, 4) is 12.0 Å². The molecule has 0 atom stereocenters. The summed E-state index contributed by atoms with van der Waals surface area (Å²) in [7, 11) is 0. The van der Waals surface area contributed by atoms with Gasteiger partial charge in [-0.3, -0.25) is 0 Å². The molecule has 0 amide bonds. The molecule has 0 bridgehead atoms. The first-order chi connectivity index (χ1) is 12.3.